The topological polar surface area (TPSA) is 119 Å². The molecule has 1 aromatic heterocycles. The average Bonchev–Trinajstić information content (AvgIpc) is 2.38. The summed E-state index contributed by atoms with van der Waals surface area (Å²) in [6.45, 7) is 0. The minimum Gasteiger partial charge on any atom is -0.334 e. The molecule has 2 aromatic rings. The number of hydrogen-bond donors (Lipinski definition) is 3. The van der Waals surface area contributed by atoms with Crippen LogP contribution in [0.15, 0.2) is 30.6 Å². The Bertz CT molecular complexity index is 621. The fraction of sp³-hybridized carbons (Fsp3) is 0. The van der Waals surface area contributed by atoms with Crippen molar-refractivity contribution < 1.29 is 4.92 Å². The van der Waals surface area contributed by atoms with Crippen molar-refractivity contribution in [2.75, 3.05) is 10.7 Å². The number of nitrogen functional groups attached to an aromatic ring is 1. The molecule has 0 bridgehead atoms. The molecular formula is C10H9IN6O2. The van der Waals surface area contributed by atoms with Gasteiger partial charge in [-0.2, -0.15) is 0 Å². The van der Waals surface area contributed by atoms with Crippen molar-refractivity contribution in [1.82, 2.24) is 9.97 Å². The molecule has 0 aliphatic carbocycles. The standard InChI is InChI=1S/C10H9IN6O2/c11-6-2-1-3-7(4-6)15-9-8(17(18)19)10(16-12)14-5-13-9/h1-5H,12H2,(H2,13,14,15,16). The number of nitrogens with two attached hydrogens (primary N) is 1. The number of nitrogens with one attached hydrogen (secondary N) is 2. The molecule has 0 saturated carbocycles. The summed E-state index contributed by atoms with van der Waals surface area (Å²) in [6.07, 6.45) is 1.19. The van der Waals surface area contributed by atoms with Gasteiger partial charge in [0.05, 0.1) is 4.92 Å². The molecule has 1 heterocycles. The quantitative estimate of drug-likeness (QED) is 0.325. The number of aromatic nitrogens is 2. The van der Waals surface area contributed by atoms with Gasteiger partial charge in [0.25, 0.3) is 0 Å². The summed E-state index contributed by atoms with van der Waals surface area (Å²) in [5.41, 5.74) is 2.57. The molecule has 0 aliphatic rings. The smallest absolute Gasteiger partial charge is 0.334 e. The van der Waals surface area contributed by atoms with Crippen molar-refractivity contribution in [2.24, 2.45) is 5.84 Å². The van der Waals surface area contributed by atoms with Crippen LogP contribution in [-0.2, 0) is 0 Å². The second-order valence-corrected chi connectivity index (χ2v) is 4.70. The van der Waals surface area contributed by atoms with Crippen LogP contribution >= 0.6 is 22.6 Å². The molecule has 0 spiro atoms. The van der Waals surface area contributed by atoms with Crippen LogP contribution in [0.3, 0.4) is 0 Å². The van der Waals surface area contributed by atoms with E-state index in [0.29, 0.717) is 5.69 Å². The molecule has 8 nitrogen and oxygen atoms in total. The summed E-state index contributed by atoms with van der Waals surface area (Å²) in [5, 5.41) is 13.9. The van der Waals surface area contributed by atoms with Gasteiger partial charge in [0.1, 0.15) is 6.33 Å². The molecule has 0 saturated heterocycles. The Morgan fingerprint density at radius 1 is 1.32 bits per heavy atom. The SMILES string of the molecule is NNc1ncnc(Nc2cccc(I)c2)c1[N+](=O)[O-]. The third kappa shape index (κ3) is 3.06. The zero-order valence-corrected chi connectivity index (χ0v) is 11.7. The lowest BCUT2D eigenvalue weighted by Gasteiger charge is -2.08. The number of rotatable bonds is 4. The lowest BCUT2D eigenvalue weighted by atomic mass is 10.3. The molecule has 0 atom stereocenters. The fourth-order valence-corrected chi connectivity index (χ4v) is 1.99. The third-order valence-corrected chi connectivity index (χ3v) is 2.90. The molecule has 0 amide bonds. The van der Waals surface area contributed by atoms with Crippen LogP contribution in [0.2, 0.25) is 0 Å². The van der Waals surface area contributed by atoms with Gasteiger partial charge in [-0.1, -0.05) is 6.07 Å². The van der Waals surface area contributed by atoms with E-state index in [1.165, 1.54) is 6.33 Å². The Hall–Kier alpha value is -2.01. The summed E-state index contributed by atoms with van der Waals surface area (Å²) in [5.74, 6) is 5.23. The molecule has 4 N–H and O–H groups in total. The number of benzene rings is 1. The lowest BCUT2D eigenvalue weighted by Crippen LogP contribution is -2.12. The van der Waals surface area contributed by atoms with E-state index in [4.69, 9.17) is 5.84 Å². The van der Waals surface area contributed by atoms with Gasteiger partial charge in [-0.15, -0.1) is 0 Å². The Morgan fingerprint density at radius 3 is 2.68 bits per heavy atom. The zero-order chi connectivity index (χ0) is 13.8. The number of hydrazine groups is 1. The average molecular weight is 372 g/mol. The maximum Gasteiger partial charge on any atom is 0.354 e. The maximum atomic E-state index is 11.0. The Balaban J connectivity index is 2.42. The summed E-state index contributed by atoms with van der Waals surface area (Å²) in [4.78, 5) is 18.0. The van der Waals surface area contributed by atoms with Gasteiger partial charge in [0.15, 0.2) is 0 Å². The summed E-state index contributed by atoms with van der Waals surface area (Å²) < 4.78 is 0.997. The molecule has 9 heteroatoms. The Morgan fingerprint density at radius 2 is 2.05 bits per heavy atom. The van der Waals surface area contributed by atoms with E-state index in [2.05, 4.69) is 43.3 Å². The number of nitrogens with zero attached hydrogens (tertiary/aromatic N) is 3. The highest BCUT2D eigenvalue weighted by molar-refractivity contribution is 14.1. The second-order valence-electron chi connectivity index (χ2n) is 3.46. The highest BCUT2D eigenvalue weighted by Gasteiger charge is 2.22. The van der Waals surface area contributed by atoms with Crippen LogP contribution in [-0.4, -0.2) is 14.9 Å². The number of anilines is 3. The van der Waals surface area contributed by atoms with Crippen LogP contribution in [0, 0.1) is 13.7 Å². The van der Waals surface area contributed by atoms with E-state index in [9.17, 15) is 10.1 Å². The van der Waals surface area contributed by atoms with Gasteiger partial charge < -0.3 is 10.7 Å². The van der Waals surface area contributed by atoms with Crippen molar-refractivity contribution in [2.45, 2.75) is 0 Å². The van der Waals surface area contributed by atoms with E-state index in [-0.39, 0.29) is 17.3 Å². The number of hydrogen-bond acceptors (Lipinski definition) is 7. The predicted molar refractivity (Wildman–Crippen MR) is 78.9 cm³/mol. The van der Waals surface area contributed by atoms with Gasteiger partial charge in [0, 0.05) is 9.26 Å². The minimum absolute atomic E-state index is 0.0480. The molecular weight excluding hydrogens is 363 g/mol. The van der Waals surface area contributed by atoms with E-state index < -0.39 is 4.92 Å². The monoisotopic (exact) mass is 372 g/mol. The van der Waals surface area contributed by atoms with E-state index in [0.717, 1.165) is 3.57 Å². The van der Waals surface area contributed by atoms with E-state index >= 15 is 0 Å². The molecule has 0 aliphatic heterocycles. The van der Waals surface area contributed by atoms with Crippen LogP contribution in [0.25, 0.3) is 0 Å². The van der Waals surface area contributed by atoms with Crippen LogP contribution in [0.1, 0.15) is 0 Å². The van der Waals surface area contributed by atoms with Gasteiger partial charge in [-0.3, -0.25) is 10.1 Å². The third-order valence-electron chi connectivity index (χ3n) is 2.23. The van der Waals surface area contributed by atoms with Crippen molar-refractivity contribution in [3.63, 3.8) is 0 Å². The van der Waals surface area contributed by atoms with Crippen LogP contribution < -0.4 is 16.6 Å². The predicted octanol–water partition coefficient (Wildman–Crippen LogP) is 2.02. The van der Waals surface area contributed by atoms with Crippen molar-refractivity contribution in [3.8, 4) is 0 Å². The summed E-state index contributed by atoms with van der Waals surface area (Å²) >= 11 is 2.15. The highest BCUT2D eigenvalue weighted by Crippen LogP contribution is 2.30. The first-order chi connectivity index (χ1) is 9.11. The largest absolute Gasteiger partial charge is 0.354 e. The van der Waals surface area contributed by atoms with Gasteiger partial charge in [-0.25, -0.2) is 15.8 Å². The first kappa shape index (κ1) is 13.4. The molecule has 0 radical (unpaired) electrons. The van der Waals surface area contributed by atoms with Crippen LogP contribution in [0.4, 0.5) is 23.0 Å². The Labute approximate surface area is 121 Å². The molecule has 98 valence electrons. The molecule has 0 fully saturated rings. The molecule has 19 heavy (non-hydrogen) atoms. The van der Waals surface area contributed by atoms with Gasteiger partial charge in [-0.05, 0) is 40.8 Å². The highest BCUT2D eigenvalue weighted by atomic mass is 127. The molecule has 1 aromatic carbocycles. The van der Waals surface area contributed by atoms with Gasteiger partial charge in [0.2, 0.25) is 11.6 Å². The van der Waals surface area contributed by atoms with E-state index in [1.54, 1.807) is 6.07 Å². The number of halogens is 1. The van der Waals surface area contributed by atoms with Crippen molar-refractivity contribution >= 4 is 45.6 Å². The van der Waals surface area contributed by atoms with Gasteiger partial charge >= 0.3 is 5.69 Å². The lowest BCUT2D eigenvalue weighted by molar-refractivity contribution is -0.383. The minimum atomic E-state index is -0.592. The first-order valence-corrected chi connectivity index (χ1v) is 6.18. The Kier molecular flexibility index (Phi) is 4.06. The van der Waals surface area contributed by atoms with Crippen LogP contribution in [0.5, 0.6) is 0 Å². The summed E-state index contributed by atoms with van der Waals surface area (Å²) in [6, 6.07) is 7.36. The molecule has 2 rings (SSSR count). The fourth-order valence-electron chi connectivity index (χ4n) is 1.45. The first-order valence-electron chi connectivity index (χ1n) is 5.10. The molecule has 0 unspecified atom stereocenters. The normalized spacial score (nSPS) is 10.0. The van der Waals surface area contributed by atoms with Crippen molar-refractivity contribution in [1.29, 1.82) is 0 Å². The second kappa shape index (κ2) is 5.75. The maximum absolute atomic E-state index is 11.0. The van der Waals surface area contributed by atoms with E-state index in [1.807, 2.05) is 18.2 Å². The summed E-state index contributed by atoms with van der Waals surface area (Å²) in [7, 11) is 0. The zero-order valence-electron chi connectivity index (χ0n) is 9.50. The van der Waals surface area contributed by atoms with Crippen molar-refractivity contribution in [3.05, 3.63) is 44.3 Å². The number of nitro groups is 1.